The minimum atomic E-state index is 0.139. The number of piperidine rings is 1. The van der Waals surface area contributed by atoms with Crippen molar-refractivity contribution in [3.05, 3.63) is 23.2 Å². The monoisotopic (exact) mass is 268 g/mol. The van der Waals surface area contributed by atoms with Gasteiger partial charge in [0.25, 0.3) is 0 Å². The lowest BCUT2D eigenvalue weighted by Crippen LogP contribution is -2.39. The zero-order valence-corrected chi connectivity index (χ0v) is 11.6. The van der Waals surface area contributed by atoms with Crippen molar-refractivity contribution in [1.82, 2.24) is 4.90 Å². The highest BCUT2D eigenvalue weighted by molar-refractivity contribution is 6.32. The molecule has 0 unspecified atom stereocenters. The third-order valence-corrected chi connectivity index (χ3v) is 3.75. The van der Waals surface area contributed by atoms with Crippen molar-refractivity contribution in [2.45, 2.75) is 32.2 Å². The van der Waals surface area contributed by atoms with E-state index in [2.05, 4.69) is 17.1 Å². The number of rotatable bonds is 4. The standard InChI is InChI=1S/C14H21ClN2O/c1-2-7-17-8-5-11(6-9-17)16-12-3-4-14(18)13(15)10-12/h3-4,10-11,16,18H,2,5-9H2,1H3. The van der Waals surface area contributed by atoms with Crippen LogP contribution in [-0.2, 0) is 0 Å². The van der Waals surface area contributed by atoms with Crippen molar-refractivity contribution in [3.63, 3.8) is 0 Å². The summed E-state index contributed by atoms with van der Waals surface area (Å²) in [4.78, 5) is 2.52. The van der Waals surface area contributed by atoms with Gasteiger partial charge in [-0.05, 0) is 44.0 Å². The van der Waals surface area contributed by atoms with Crippen LogP contribution in [0.4, 0.5) is 5.69 Å². The van der Waals surface area contributed by atoms with Crippen LogP contribution in [0.1, 0.15) is 26.2 Å². The number of benzene rings is 1. The number of hydrogen-bond donors (Lipinski definition) is 2. The van der Waals surface area contributed by atoms with E-state index in [4.69, 9.17) is 11.6 Å². The Labute approximate surface area is 114 Å². The van der Waals surface area contributed by atoms with Crippen molar-refractivity contribution < 1.29 is 5.11 Å². The summed E-state index contributed by atoms with van der Waals surface area (Å²) >= 11 is 5.90. The molecule has 100 valence electrons. The van der Waals surface area contributed by atoms with Gasteiger partial charge in [-0.25, -0.2) is 0 Å². The van der Waals surface area contributed by atoms with Crippen molar-refractivity contribution in [2.24, 2.45) is 0 Å². The van der Waals surface area contributed by atoms with E-state index in [1.54, 1.807) is 12.1 Å². The number of halogens is 1. The number of phenolic OH excluding ortho intramolecular Hbond substituents is 1. The molecule has 1 aliphatic rings. The molecule has 0 amide bonds. The highest BCUT2D eigenvalue weighted by Gasteiger charge is 2.18. The lowest BCUT2D eigenvalue weighted by molar-refractivity contribution is 0.219. The topological polar surface area (TPSA) is 35.5 Å². The fraction of sp³-hybridized carbons (Fsp3) is 0.571. The van der Waals surface area contributed by atoms with E-state index >= 15 is 0 Å². The predicted octanol–water partition coefficient (Wildman–Crippen LogP) is 3.33. The summed E-state index contributed by atoms with van der Waals surface area (Å²) in [6, 6.07) is 5.81. The predicted molar refractivity (Wildman–Crippen MR) is 76.5 cm³/mol. The molecule has 0 atom stereocenters. The van der Waals surface area contributed by atoms with Gasteiger partial charge < -0.3 is 15.3 Å². The zero-order valence-electron chi connectivity index (χ0n) is 10.8. The van der Waals surface area contributed by atoms with Crippen molar-refractivity contribution >= 4 is 17.3 Å². The zero-order chi connectivity index (χ0) is 13.0. The molecule has 0 saturated carbocycles. The normalized spacial score (nSPS) is 17.9. The van der Waals surface area contributed by atoms with Crippen molar-refractivity contribution in [1.29, 1.82) is 0 Å². The Morgan fingerprint density at radius 2 is 2.11 bits per heavy atom. The SMILES string of the molecule is CCCN1CCC(Nc2ccc(O)c(Cl)c2)CC1. The Balaban J connectivity index is 1.85. The van der Waals surface area contributed by atoms with Crippen LogP contribution in [0.15, 0.2) is 18.2 Å². The minimum Gasteiger partial charge on any atom is -0.506 e. The Kier molecular flexibility index (Phi) is 4.72. The van der Waals surface area contributed by atoms with Crippen LogP contribution in [0, 0.1) is 0 Å². The van der Waals surface area contributed by atoms with E-state index in [-0.39, 0.29) is 5.75 Å². The van der Waals surface area contributed by atoms with Gasteiger partial charge in [0.05, 0.1) is 5.02 Å². The minimum absolute atomic E-state index is 0.139. The molecule has 0 bridgehead atoms. The maximum atomic E-state index is 9.38. The van der Waals surface area contributed by atoms with Gasteiger partial charge >= 0.3 is 0 Å². The third kappa shape index (κ3) is 3.53. The summed E-state index contributed by atoms with van der Waals surface area (Å²) in [5.41, 5.74) is 0.992. The first-order valence-corrected chi connectivity index (χ1v) is 7.04. The van der Waals surface area contributed by atoms with Crippen LogP contribution >= 0.6 is 11.6 Å². The van der Waals surface area contributed by atoms with E-state index in [0.717, 1.165) is 18.8 Å². The summed E-state index contributed by atoms with van der Waals surface area (Å²) in [6.45, 7) is 5.76. The van der Waals surface area contributed by atoms with Gasteiger partial charge in [0, 0.05) is 24.8 Å². The molecular weight excluding hydrogens is 248 g/mol. The van der Waals surface area contributed by atoms with Crippen LogP contribution in [0.25, 0.3) is 0 Å². The lowest BCUT2D eigenvalue weighted by atomic mass is 10.0. The second-order valence-corrected chi connectivity index (χ2v) is 5.33. The van der Waals surface area contributed by atoms with E-state index in [1.807, 2.05) is 6.07 Å². The molecule has 4 heteroatoms. The van der Waals surface area contributed by atoms with Crippen LogP contribution in [-0.4, -0.2) is 35.7 Å². The number of aromatic hydroxyl groups is 1. The van der Waals surface area contributed by atoms with Gasteiger partial charge in [0.15, 0.2) is 0 Å². The molecule has 0 aromatic heterocycles. The van der Waals surface area contributed by atoms with E-state index in [0.29, 0.717) is 11.1 Å². The van der Waals surface area contributed by atoms with Gasteiger partial charge in [-0.2, -0.15) is 0 Å². The summed E-state index contributed by atoms with van der Waals surface area (Å²) in [6.07, 6.45) is 3.56. The highest BCUT2D eigenvalue weighted by atomic mass is 35.5. The van der Waals surface area contributed by atoms with Gasteiger partial charge in [-0.15, -0.1) is 0 Å². The fourth-order valence-electron chi connectivity index (χ4n) is 2.45. The first kappa shape index (κ1) is 13.5. The summed E-state index contributed by atoms with van der Waals surface area (Å²) in [7, 11) is 0. The molecule has 2 N–H and O–H groups in total. The number of likely N-dealkylation sites (tertiary alicyclic amines) is 1. The summed E-state index contributed by atoms with van der Waals surface area (Å²) in [5.74, 6) is 0.139. The Morgan fingerprint density at radius 1 is 1.39 bits per heavy atom. The van der Waals surface area contributed by atoms with Crippen LogP contribution in [0.5, 0.6) is 5.75 Å². The molecule has 2 rings (SSSR count). The van der Waals surface area contributed by atoms with Crippen molar-refractivity contribution in [3.8, 4) is 5.75 Å². The van der Waals surface area contributed by atoms with Gasteiger partial charge in [-0.1, -0.05) is 18.5 Å². The highest BCUT2D eigenvalue weighted by Crippen LogP contribution is 2.27. The molecule has 1 fully saturated rings. The van der Waals surface area contributed by atoms with Gasteiger partial charge in [-0.3, -0.25) is 0 Å². The molecule has 0 aliphatic carbocycles. The average molecular weight is 269 g/mol. The average Bonchev–Trinajstić information content (AvgIpc) is 2.37. The quantitative estimate of drug-likeness (QED) is 0.823. The number of nitrogens with zero attached hydrogens (tertiary/aromatic N) is 1. The molecule has 1 aliphatic heterocycles. The molecule has 18 heavy (non-hydrogen) atoms. The van der Waals surface area contributed by atoms with Crippen LogP contribution in [0.3, 0.4) is 0 Å². The Morgan fingerprint density at radius 3 is 2.72 bits per heavy atom. The lowest BCUT2D eigenvalue weighted by Gasteiger charge is -2.32. The molecule has 0 spiro atoms. The van der Waals surface area contributed by atoms with Crippen LogP contribution < -0.4 is 5.32 Å². The Bertz CT molecular complexity index is 389. The number of anilines is 1. The molecule has 1 aromatic carbocycles. The summed E-state index contributed by atoms with van der Waals surface area (Å²) in [5, 5.41) is 13.3. The number of hydrogen-bond acceptors (Lipinski definition) is 3. The van der Waals surface area contributed by atoms with E-state index < -0.39 is 0 Å². The first-order valence-electron chi connectivity index (χ1n) is 6.66. The molecule has 3 nitrogen and oxygen atoms in total. The second kappa shape index (κ2) is 6.30. The van der Waals surface area contributed by atoms with Gasteiger partial charge in [0.2, 0.25) is 0 Å². The van der Waals surface area contributed by atoms with E-state index in [1.165, 1.54) is 25.8 Å². The Hall–Kier alpha value is -0.930. The molecule has 1 saturated heterocycles. The molecule has 1 heterocycles. The number of phenols is 1. The fourth-order valence-corrected chi connectivity index (χ4v) is 2.63. The number of nitrogens with one attached hydrogen (secondary N) is 1. The first-order chi connectivity index (χ1) is 8.69. The smallest absolute Gasteiger partial charge is 0.134 e. The second-order valence-electron chi connectivity index (χ2n) is 4.93. The molecule has 1 aromatic rings. The van der Waals surface area contributed by atoms with Gasteiger partial charge in [0.1, 0.15) is 5.75 Å². The maximum Gasteiger partial charge on any atom is 0.134 e. The van der Waals surface area contributed by atoms with Crippen LogP contribution in [0.2, 0.25) is 5.02 Å². The third-order valence-electron chi connectivity index (χ3n) is 3.45. The summed E-state index contributed by atoms with van der Waals surface area (Å²) < 4.78 is 0. The molecular formula is C14H21ClN2O. The molecule has 0 radical (unpaired) electrons. The van der Waals surface area contributed by atoms with E-state index in [9.17, 15) is 5.11 Å². The maximum absolute atomic E-state index is 9.38. The van der Waals surface area contributed by atoms with Crippen molar-refractivity contribution in [2.75, 3.05) is 25.0 Å². The largest absolute Gasteiger partial charge is 0.506 e.